The molecule has 2 amide bonds. The van der Waals surface area contributed by atoms with Gasteiger partial charge in [0.25, 0.3) is 11.8 Å². The van der Waals surface area contributed by atoms with Crippen LogP contribution in [0.4, 0.5) is 4.39 Å². The van der Waals surface area contributed by atoms with Gasteiger partial charge in [-0.25, -0.2) is 4.39 Å². The van der Waals surface area contributed by atoms with Crippen LogP contribution in [0, 0.1) is 5.82 Å². The number of carbonyl (C=O) groups is 2. The zero-order valence-electron chi connectivity index (χ0n) is 12.9. The van der Waals surface area contributed by atoms with Crippen molar-refractivity contribution in [1.82, 2.24) is 4.90 Å². The highest BCUT2D eigenvalue weighted by Gasteiger charge is 2.41. The highest BCUT2D eigenvalue weighted by Crippen LogP contribution is 2.43. The third-order valence-corrected chi connectivity index (χ3v) is 4.33. The summed E-state index contributed by atoms with van der Waals surface area (Å²) in [7, 11) is 0. The van der Waals surface area contributed by atoms with Gasteiger partial charge in [0.15, 0.2) is 0 Å². The second-order valence-electron chi connectivity index (χ2n) is 5.82. The minimum absolute atomic E-state index is 0.0815. The third kappa shape index (κ3) is 2.15. The molecule has 3 aromatic rings. The molecule has 124 valence electrons. The van der Waals surface area contributed by atoms with Gasteiger partial charge in [0.1, 0.15) is 17.3 Å². The summed E-state index contributed by atoms with van der Waals surface area (Å²) in [4.78, 5) is 26.2. The number of amides is 2. The van der Waals surface area contributed by atoms with Crippen LogP contribution >= 0.6 is 0 Å². The van der Waals surface area contributed by atoms with Crippen LogP contribution < -0.4 is 0 Å². The molecule has 1 aliphatic heterocycles. The SMILES string of the molecule is O=C1c2c(c(O)c3ccccc3c2O)C(=O)N1Cc1ccc(F)cc1. The van der Waals surface area contributed by atoms with Crippen LogP contribution in [0.3, 0.4) is 0 Å². The first-order chi connectivity index (χ1) is 12.0. The maximum atomic E-state index is 13.0. The fourth-order valence-corrected chi connectivity index (χ4v) is 3.10. The number of carbonyl (C=O) groups excluding carboxylic acids is 2. The van der Waals surface area contributed by atoms with Crippen molar-refractivity contribution >= 4 is 22.6 Å². The Morgan fingerprint density at radius 1 is 0.800 bits per heavy atom. The molecule has 6 heteroatoms. The van der Waals surface area contributed by atoms with Gasteiger partial charge in [-0.3, -0.25) is 14.5 Å². The molecule has 0 aliphatic carbocycles. The highest BCUT2D eigenvalue weighted by molar-refractivity contribution is 6.27. The molecule has 4 rings (SSSR count). The normalized spacial score (nSPS) is 13.6. The van der Waals surface area contributed by atoms with E-state index in [1.807, 2.05) is 0 Å². The van der Waals surface area contributed by atoms with E-state index in [2.05, 4.69) is 0 Å². The Morgan fingerprint density at radius 2 is 1.28 bits per heavy atom. The average Bonchev–Trinajstić information content (AvgIpc) is 2.86. The van der Waals surface area contributed by atoms with Crippen molar-refractivity contribution in [3.63, 3.8) is 0 Å². The molecule has 0 radical (unpaired) electrons. The maximum Gasteiger partial charge on any atom is 0.265 e. The van der Waals surface area contributed by atoms with Gasteiger partial charge >= 0.3 is 0 Å². The van der Waals surface area contributed by atoms with Crippen molar-refractivity contribution in [2.24, 2.45) is 0 Å². The molecule has 0 unspecified atom stereocenters. The summed E-state index contributed by atoms with van der Waals surface area (Å²) in [5, 5.41) is 21.5. The lowest BCUT2D eigenvalue weighted by Crippen LogP contribution is -2.29. The van der Waals surface area contributed by atoms with Crippen molar-refractivity contribution in [2.45, 2.75) is 6.54 Å². The zero-order valence-corrected chi connectivity index (χ0v) is 12.9. The molecular weight excluding hydrogens is 325 g/mol. The summed E-state index contributed by atoms with van der Waals surface area (Å²) in [6.07, 6.45) is 0. The predicted molar refractivity (Wildman–Crippen MR) is 87.9 cm³/mol. The van der Waals surface area contributed by atoms with Gasteiger partial charge in [0.05, 0.1) is 17.7 Å². The van der Waals surface area contributed by atoms with E-state index in [4.69, 9.17) is 0 Å². The molecule has 0 bridgehead atoms. The molecule has 0 fully saturated rings. The number of aromatic hydroxyl groups is 2. The summed E-state index contributed by atoms with van der Waals surface area (Å²) >= 11 is 0. The van der Waals surface area contributed by atoms with Crippen molar-refractivity contribution in [1.29, 1.82) is 0 Å². The minimum Gasteiger partial charge on any atom is -0.506 e. The van der Waals surface area contributed by atoms with E-state index in [1.165, 1.54) is 24.3 Å². The molecule has 0 spiro atoms. The molecular formula is C19H12FNO4. The lowest BCUT2D eigenvalue weighted by molar-refractivity contribution is 0.0641. The standard InChI is InChI=1S/C19H12FNO4/c20-11-7-5-10(6-8-11)9-21-18(24)14-15(19(21)25)17(23)13-4-2-1-3-12(13)16(14)22/h1-8,22-23H,9H2. The molecule has 0 saturated carbocycles. The second kappa shape index (κ2) is 5.31. The smallest absolute Gasteiger partial charge is 0.265 e. The monoisotopic (exact) mass is 337 g/mol. The van der Waals surface area contributed by atoms with Crippen LogP contribution in [-0.4, -0.2) is 26.9 Å². The Bertz CT molecular complexity index is 983. The summed E-state index contributed by atoms with van der Waals surface area (Å²) < 4.78 is 13.0. The minimum atomic E-state index is -0.692. The van der Waals surface area contributed by atoms with Crippen LogP contribution in [0.5, 0.6) is 11.5 Å². The highest BCUT2D eigenvalue weighted by atomic mass is 19.1. The predicted octanol–water partition coefficient (Wildman–Crippen LogP) is 3.19. The number of hydrogen-bond donors (Lipinski definition) is 2. The van der Waals surface area contributed by atoms with E-state index in [9.17, 15) is 24.2 Å². The molecule has 0 atom stereocenters. The summed E-state index contributed by atoms with van der Waals surface area (Å²) in [5.41, 5.74) is 0.145. The van der Waals surface area contributed by atoms with Gasteiger partial charge in [-0.1, -0.05) is 36.4 Å². The van der Waals surface area contributed by atoms with Crippen molar-refractivity contribution < 1.29 is 24.2 Å². The lowest BCUT2D eigenvalue weighted by Gasteiger charge is -2.13. The Kier molecular flexibility index (Phi) is 3.21. The van der Waals surface area contributed by atoms with Crippen molar-refractivity contribution in [2.75, 3.05) is 0 Å². The van der Waals surface area contributed by atoms with Gasteiger partial charge in [-0.2, -0.15) is 0 Å². The quantitative estimate of drug-likeness (QED) is 0.556. The van der Waals surface area contributed by atoms with Crippen molar-refractivity contribution in [3.05, 3.63) is 71.0 Å². The van der Waals surface area contributed by atoms with E-state index in [-0.39, 0.29) is 29.2 Å². The Morgan fingerprint density at radius 3 is 1.76 bits per heavy atom. The Balaban J connectivity index is 1.84. The van der Waals surface area contributed by atoms with E-state index in [1.54, 1.807) is 24.3 Å². The molecule has 25 heavy (non-hydrogen) atoms. The fraction of sp³-hybridized carbons (Fsp3) is 0.0526. The maximum absolute atomic E-state index is 13.0. The van der Waals surface area contributed by atoms with E-state index >= 15 is 0 Å². The zero-order chi connectivity index (χ0) is 17.7. The molecule has 0 aromatic heterocycles. The van der Waals surface area contributed by atoms with Crippen LogP contribution in [0.15, 0.2) is 48.5 Å². The largest absolute Gasteiger partial charge is 0.506 e. The second-order valence-corrected chi connectivity index (χ2v) is 5.82. The van der Waals surface area contributed by atoms with Gasteiger partial charge in [0, 0.05) is 10.8 Å². The molecule has 2 N–H and O–H groups in total. The Hall–Kier alpha value is -3.41. The van der Waals surface area contributed by atoms with E-state index in [0.717, 1.165) is 4.90 Å². The van der Waals surface area contributed by atoms with Crippen LogP contribution in [0.25, 0.3) is 10.8 Å². The number of nitrogens with zero attached hydrogens (tertiary/aromatic N) is 1. The van der Waals surface area contributed by atoms with Gasteiger partial charge in [-0.15, -0.1) is 0 Å². The average molecular weight is 337 g/mol. The number of hydrogen-bond acceptors (Lipinski definition) is 4. The molecule has 5 nitrogen and oxygen atoms in total. The van der Waals surface area contributed by atoms with Crippen LogP contribution in [0.2, 0.25) is 0 Å². The number of benzene rings is 3. The number of phenols is 2. The number of phenolic OH excluding ortho intramolecular Hbond substituents is 2. The fourth-order valence-electron chi connectivity index (χ4n) is 3.10. The Labute approximate surface area is 141 Å². The molecule has 0 saturated heterocycles. The van der Waals surface area contributed by atoms with Gasteiger partial charge in [-0.05, 0) is 17.7 Å². The van der Waals surface area contributed by atoms with Gasteiger partial charge < -0.3 is 10.2 Å². The van der Waals surface area contributed by atoms with Crippen molar-refractivity contribution in [3.8, 4) is 11.5 Å². The number of fused-ring (bicyclic) bond motifs is 2. The molecule has 1 aliphatic rings. The number of halogens is 1. The topological polar surface area (TPSA) is 77.8 Å². The summed E-state index contributed by atoms with van der Waals surface area (Å²) in [5.74, 6) is -2.47. The number of imide groups is 1. The first kappa shape index (κ1) is 15.1. The van der Waals surface area contributed by atoms with Gasteiger partial charge in [0.2, 0.25) is 0 Å². The first-order valence-corrected chi connectivity index (χ1v) is 7.56. The summed E-state index contributed by atoms with van der Waals surface area (Å²) in [6, 6.07) is 11.8. The summed E-state index contributed by atoms with van der Waals surface area (Å²) in [6.45, 7) is -0.0815. The van der Waals surface area contributed by atoms with E-state index < -0.39 is 17.6 Å². The third-order valence-electron chi connectivity index (χ3n) is 4.33. The van der Waals surface area contributed by atoms with Crippen LogP contribution in [0.1, 0.15) is 26.3 Å². The lowest BCUT2D eigenvalue weighted by atomic mass is 9.99. The van der Waals surface area contributed by atoms with Crippen LogP contribution in [-0.2, 0) is 6.54 Å². The molecule has 3 aromatic carbocycles. The number of rotatable bonds is 2. The molecule has 1 heterocycles. The van der Waals surface area contributed by atoms with E-state index in [0.29, 0.717) is 16.3 Å². The first-order valence-electron chi connectivity index (χ1n) is 7.56.